The Labute approximate surface area is 222 Å². The van der Waals surface area contributed by atoms with Gasteiger partial charge in [-0.2, -0.15) is 0 Å². The number of rotatable bonds is 12. The molecule has 0 aliphatic heterocycles. The van der Waals surface area contributed by atoms with E-state index in [0.29, 0.717) is 23.9 Å². The Bertz CT molecular complexity index is 1180. The van der Waals surface area contributed by atoms with E-state index in [9.17, 15) is 19.8 Å². The molecule has 0 saturated heterocycles. The van der Waals surface area contributed by atoms with Crippen molar-refractivity contribution in [1.82, 2.24) is 14.9 Å². The van der Waals surface area contributed by atoms with Gasteiger partial charge >= 0.3 is 5.97 Å². The molecule has 1 aliphatic rings. The van der Waals surface area contributed by atoms with Gasteiger partial charge in [0.2, 0.25) is 0 Å². The SMILES string of the molecule is CCC(CC)n1c(Cc2cccs2)nc2cc(C(=O)N[C@@H](CC3CCCCC3)[C@H](O)CC(=O)O)ccc21. The summed E-state index contributed by atoms with van der Waals surface area (Å²) in [5.41, 5.74) is 2.27. The summed E-state index contributed by atoms with van der Waals surface area (Å²) in [5.74, 6) is 0.0160. The van der Waals surface area contributed by atoms with Gasteiger partial charge in [0.05, 0.1) is 29.6 Å². The molecule has 7 nitrogen and oxygen atoms in total. The van der Waals surface area contributed by atoms with Gasteiger partial charge in [0.15, 0.2) is 0 Å². The summed E-state index contributed by atoms with van der Waals surface area (Å²) in [4.78, 5) is 30.8. The molecule has 1 aromatic carbocycles. The van der Waals surface area contributed by atoms with Crippen LogP contribution in [0.4, 0.5) is 0 Å². The highest BCUT2D eigenvalue weighted by molar-refractivity contribution is 7.09. The van der Waals surface area contributed by atoms with Gasteiger partial charge in [0.25, 0.3) is 5.91 Å². The monoisotopic (exact) mass is 525 g/mol. The number of aliphatic hydroxyl groups is 1. The van der Waals surface area contributed by atoms with Gasteiger partial charge in [-0.1, -0.05) is 52.0 Å². The Balaban J connectivity index is 1.59. The largest absolute Gasteiger partial charge is 0.481 e. The van der Waals surface area contributed by atoms with Gasteiger partial charge in [-0.15, -0.1) is 11.3 Å². The van der Waals surface area contributed by atoms with Crippen LogP contribution in [0.1, 0.15) is 98.7 Å². The van der Waals surface area contributed by atoms with Crippen LogP contribution in [0.25, 0.3) is 11.0 Å². The molecule has 2 atom stereocenters. The first-order chi connectivity index (χ1) is 17.9. The Morgan fingerprint density at radius 3 is 2.57 bits per heavy atom. The summed E-state index contributed by atoms with van der Waals surface area (Å²) in [6.45, 7) is 4.37. The van der Waals surface area contributed by atoms with Gasteiger partial charge in [-0.05, 0) is 54.8 Å². The van der Waals surface area contributed by atoms with Crippen LogP contribution in [0.2, 0.25) is 0 Å². The molecule has 200 valence electrons. The fourth-order valence-corrected chi connectivity index (χ4v) is 6.41. The van der Waals surface area contributed by atoms with E-state index < -0.39 is 18.1 Å². The van der Waals surface area contributed by atoms with Gasteiger partial charge in [0, 0.05) is 22.9 Å². The Hall–Kier alpha value is -2.71. The maximum Gasteiger partial charge on any atom is 0.306 e. The van der Waals surface area contributed by atoms with Crippen molar-refractivity contribution in [2.45, 2.75) is 96.2 Å². The van der Waals surface area contributed by atoms with Crippen molar-refractivity contribution in [1.29, 1.82) is 0 Å². The topological polar surface area (TPSA) is 104 Å². The Morgan fingerprint density at radius 1 is 1.16 bits per heavy atom. The summed E-state index contributed by atoms with van der Waals surface area (Å²) in [6.07, 6.45) is 7.42. The molecule has 1 saturated carbocycles. The number of thiophene rings is 1. The van der Waals surface area contributed by atoms with E-state index in [0.717, 1.165) is 61.8 Å². The number of carboxylic acids is 1. The second-order valence-corrected chi connectivity index (χ2v) is 11.3. The highest BCUT2D eigenvalue weighted by Gasteiger charge is 2.28. The average molecular weight is 526 g/mol. The Morgan fingerprint density at radius 2 is 1.92 bits per heavy atom. The first-order valence-corrected chi connectivity index (χ1v) is 14.5. The van der Waals surface area contributed by atoms with Crippen LogP contribution in [0.15, 0.2) is 35.7 Å². The molecule has 3 N–H and O–H groups in total. The molecule has 2 aromatic heterocycles. The van der Waals surface area contributed by atoms with Crippen molar-refractivity contribution < 1.29 is 19.8 Å². The molecular weight excluding hydrogens is 486 g/mol. The zero-order valence-corrected chi connectivity index (χ0v) is 22.7. The van der Waals surface area contributed by atoms with Crippen molar-refractivity contribution >= 4 is 34.2 Å². The third kappa shape index (κ3) is 6.79. The summed E-state index contributed by atoms with van der Waals surface area (Å²) >= 11 is 1.72. The molecule has 8 heteroatoms. The molecule has 1 aliphatic carbocycles. The fourth-order valence-electron chi connectivity index (χ4n) is 5.71. The molecule has 37 heavy (non-hydrogen) atoms. The number of carboxylic acid groups (broad SMARTS) is 1. The van der Waals surface area contributed by atoms with Crippen molar-refractivity contribution in [2.75, 3.05) is 0 Å². The number of aliphatic hydroxyl groups excluding tert-OH is 1. The lowest BCUT2D eigenvalue weighted by Crippen LogP contribution is -2.45. The summed E-state index contributed by atoms with van der Waals surface area (Å²) in [6, 6.07) is 9.50. The summed E-state index contributed by atoms with van der Waals surface area (Å²) < 4.78 is 2.32. The highest BCUT2D eigenvalue weighted by atomic mass is 32.1. The molecule has 1 amide bonds. The van der Waals surface area contributed by atoms with E-state index in [1.807, 2.05) is 18.2 Å². The van der Waals surface area contributed by atoms with Crippen molar-refractivity contribution in [3.8, 4) is 0 Å². The van der Waals surface area contributed by atoms with Crippen LogP contribution >= 0.6 is 11.3 Å². The number of amides is 1. The first-order valence-electron chi connectivity index (χ1n) is 13.6. The lowest BCUT2D eigenvalue weighted by atomic mass is 9.83. The van der Waals surface area contributed by atoms with Crippen molar-refractivity contribution in [2.24, 2.45) is 5.92 Å². The number of hydrogen-bond donors (Lipinski definition) is 3. The van der Waals surface area contributed by atoms with E-state index >= 15 is 0 Å². The number of imidazole rings is 1. The number of nitrogens with one attached hydrogen (secondary N) is 1. The zero-order chi connectivity index (χ0) is 26.4. The minimum atomic E-state index is -1.13. The number of carbonyl (C=O) groups is 2. The number of nitrogens with zero attached hydrogens (tertiary/aromatic N) is 2. The van der Waals surface area contributed by atoms with E-state index in [1.54, 1.807) is 11.3 Å². The van der Waals surface area contributed by atoms with Crippen LogP contribution in [0, 0.1) is 5.92 Å². The minimum absolute atomic E-state index is 0.302. The number of fused-ring (bicyclic) bond motifs is 1. The van der Waals surface area contributed by atoms with E-state index in [2.05, 4.69) is 41.2 Å². The lowest BCUT2D eigenvalue weighted by Gasteiger charge is -2.29. The predicted octanol–water partition coefficient (Wildman–Crippen LogP) is 5.95. The van der Waals surface area contributed by atoms with Gasteiger partial charge in [-0.25, -0.2) is 4.98 Å². The van der Waals surface area contributed by atoms with E-state index in [4.69, 9.17) is 4.98 Å². The second kappa shape index (κ2) is 12.7. The third-order valence-corrected chi connectivity index (χ3v) is 8.60. The molecule has 2 heterocycles. The van der Waals surface area contributed by atoms with Gasteiger partial charge < -0.3 is 20.1 Å². The van der Waals surface area contributed by atoms with Crippen molar-refractivity contribution in [3.05, 3.63) is 52.0 Å². The molecule has 3 aromatic rings. The maximum absolute atomic E-state index is 13.3. The number of carbonyl (C=O) groups excluding carboxylic acids is 1. The van der Waals surface area contributed by atoms with Crippen LogP contribution in [-0.2, 0) is 11.2 Å². The smallest absolute Gasteiger partial charge is 0.306 e. The molecule has 1 fully saturated rings. The third-order valence-electron chi connectivity index (χ3n) is 7.72. The minimum Gasteiger partial charge on any atom is -0.481 e. The average Bonchev–Trinajstić information content (AvgIpc) is 3.52. The van der Waals surface area contributed by atoms with Crippen molar-refractivity contribution in [3.63, 3.8) is 0 Å². The van der Waals surface area contributed by atoms with Gasteiger partial charge in [0.1, 0.15) is 5.82 Å². The van der Waals surface area contributed by atoms with Gasteiger partial charge in [-0.3, -0.25) is 9.59 Å². The number of hydrogen-bond acceptors (Lipinski definition) is 5. The fraction of sp³-hybridized carbons (Fsp3) is 0.552. The van der Waals surface area contributed by atoms with Crippen LogP contribution in [-0.4, -0.2) is 43.8 Å². The van der Waals surface area contributed by atoms with E-state index in [-0.39, 0.29) is 12.3 Å². The van der Waals surface area contributed by atoms with Crippen LogP contribution in [0.5, 0.6) is 0 Å². The lowest BCUT2D eigenvalue weighted by molar-refractivity contribution is -0.139. The summed E-state index contributed by atoms with van der Waals surface area (Å²) in [5, 5.41) is 24.9. The number of aromatic nitrogens is 2. The van der Waals surface area contributed by atoms with Crippen LogP contribution < -0.4 is 5.32 Å². The molecule has 0 spiro atoms. The first kappa shape index (κ1) is 27.3. The molecule has 0 bridgehead atoms. The second-order valence-electron chi connectivity index (χ2n) is 10.3. The summed E-state index contributed by atoms with van der Waals surface area (Å²) in [7, 11) is 0. The molecule has 4 rings (SSSR count). The standard InChI is InChI=1S/C29H39N3O4S/c1-3-21(4-2)32-25-13-12-20(16-23(25)30-27(32)17-22-11-8-14-37-22)29(36)31-24(26(33)18-28(34)35)15-19-9-6-5-7-10-19/h8,11-14,16,19,21,24,26,33H,3-7,9-10,15,17-18H2,1-2H3,(H,31,36)(H,34,35)/t24-,26+/m0/s1. The highest BCUT2D eigenvalue weighted by Crippen LogP contribution is 2.30. The number of benzene rings is 1. The zero-order valence-electron chi connectivity index (χ0n) is 21.9. The predicted molar refractivity (Wildman–Crippen MR) is 147 cm³/mol. The van der Waals surface area contributed by atoms with E-state index in [1.165, 1.54) is 11.3 Å². The quantitative estimate of drug-likeness (QED) is 0.271. The molecule has 0 radical (unpaired) electrons. The molecule has 0 unspecified atom stereocenters. The Kier molecular flexibility index (Phi) is 9.38. The molecular formula is C29H39N3O4S. The normalized spacial score (nSPS) is 16.2. The maximum atomic E-state index is 13.3. The number of aliphatic carboxylic acids is 1. The van der Waals surface area contributed by atoms with Crippen LogP contribution in [0.3, 0.4) is 0 Å².